The number of likely N-dealkylation sites (N-methyl/N-ethyl adjacent to an activating group) is 1. The number of aliphatic hydroxyl groups is 1. The Balaban J connectivity index is 1.91. The molecule has 1 aromatic carbocycles. The lowest BCUT2D eigenvalue weighted by Gasteiger charge is -2.26. The molecule has 0 fully saturated rings. The molecule has 2 aromatic rings. The SMILES string of the molecule is CNC(C)(CO)CCCn1cc(-c2ccccc2)cn1. The molecule has 0 spiro atoms. The van der Waals surface area contributed by atoms with E-state index in [-0.39, 0.29) is 12.1 Å². The first-order valence-electron chi connectivity index (χ1n) is 7.04. The molecule has 0 aliphatic rings. The second-order valence-electron chi connectivity index (χ2n) is 5.43. The Kier molecular flexibility index (Phi) is 4.93. The van der Waals surface area contributed by atoms with Crippen LogP contribution in [0, 0.1) is 0 Å². The molecule has 1 heterocycles. The van der Waals surface area contributed by atoms with Gasteiger partial charge in [-0.05, 0) is 32.4 Å². The maximum atomic E-state index is 9.35. The minimum absolute atomic E-state index is 0.151. The summed E-state index contributed by atoms with van der Waals surface area (Å²) in [6, 6.07) is 10.3. The van der Waals surface area contributed by atoms with Crippen LogP contribution >= 0.6 is 0 Å². The summed E-state index contributed by atoms with van der Waals surface area (Å²) in [4.78, 5) is 0. The highest BCUT2D eigenvalue weighted by Gasteiger charge is 2.19. The average molecular weight is 273 g/mol. The molecule has 0 aliphatic heterocycles. The third-order valence-corrected chi connectivity index (χ3v) is 3.81. The molecule has 1 aromatic heterocycles. The van der Waals surface area contributed by atoms with Crippen LogP contribution in [0.5, 0.6) is 0 Å². The minimum Gasteiger partial charge on any atom is -0.394 e. The molecule has 2 N–H and O–H groups in total. The number of rotatable bonds is 7. The van der Waals surface area contributed by atoms with Gasteiger partial charge in [0.1, 0.15) is 0 Å². The van der Waals surface area contributed by atoms with Crippen LogP contribution < -0.4 is 5.32 Å². The van der Waals surface area contributed by atoms with E-state index in [2.05, 4.69) is 28.7 Å². The van der Waals surface area contributed by atoms with Crippen LogP contribution in [0.1, 0.15) is 19.8 Å². The van der Waals surface area contributed by atoms with Crippen molar-refractivity contribution in [2.45, 2.75) is 31.8 Å². The molecule has 0 saturated carbocycles. The zero-order valence-electron chi connectivity index (χ0n) is 12.2. The summed E-state index contributed by atoms with van der Waals surface area (Å²) in [5.74, 6) is 0. The third kappa shape index (κ3) is 3.68. The monoisotopic (exact) mass is 273 g/mol. The standard InChI is InChI=1S/C16H23N3O/c1-16(13-20,17-2)9-6-10-19-12-15(11-18-19)14-7-4-3-5-8-14/h3-5,7-8,11-12,17,20H,6,9-10,13H2,1-2H3. The predicted octanol–water partition coefficient (Wildman–Crippen LogP) is 2.30. The van der Waals surface area contributed by atoms with Crippen molar-refractivity contribution in [2.75, 3.05) is 13.7 Å². The summed E-state index contributed by atoms with van der Waals surface area (Å²) in [5.41, 5.74) is 2.13. The average Bonchev–Trinajstić information content (AvgIpc) is 2.97. The van der Waals surface area contributed by atoms with Crippen molar-refractivity contribution in [3.63, 3.8) is 0 Å². The summed E-state index contributed by atoms with van der Waals surface area (Å²) < 4.78 is 1.97. The second kappa shape index (κ2) is 6.68. The summed E-state index contributed by atoms with van der Waals surface area (Å²) >= 11 is 0. The molecule has 2 rings (SSSR count). The molecule has 4 nitrogen and oxygen atoms in total. The maximum absolute atomic E-state index is 9.35. The predicted molar refractivity (Wildman–Crippen MR) is 81.4 cm³/mol. The largest absolute Gasteiger partial charge is 0.394 e. The molecule has 1 unspecified atom stereocenters. The Labute approximate surface area is 120 Å². The molecule has 0 amide bonds. The molecular formula is C16H23N3O. The lowest BCUT2D eigenvalue weighted by atomic mass is 9.97. The van der Waals surface area contributed by atoms with Crippen LogP contribution in [0.15, 0.2) is 42.7 Å². The quantitative estimate of drug-likeness (QED) is 0.814. The van der Waals surface area contributed by atoms with Crippen LogP contribution in [0.2, 0.25) is 0 Å². The zero-order valence-corrected chi connectivity index (χ0v) is 12.2. The number of benzene rings is 1. The lowest BCUT2D eigenvalue weighted by Crippen LogP contribution is -2.43. The van der Waals surface area contributed by atoms with Crippen molar-refractivity contribution < 1.29 is 5.11 Å². The first-order valence-corrected chi connectivity index (χ1v) is 7.04. The van der Waals surface area contributed by atoms with E-state index in [4.69, 9.17) is 0 Å². The van der Waals surface area contributed by atoms with Crippen LogP contribution in [-0.4, -0.2) is 34.1 Å². The van der Waals surface area contributed by atoms with Gasteiger partial charge in [-0.3, -0.25) is 4.68 Å². The van der Waals surface area contributed by atoms with Gasteiger partial charge in [-0.1, -0.05) is 30.3 Å². The normalized spacial score (nSPS) is 14.2. The number of nitrogens with one attached hydrogen (secondary N) is 1. The van der Waals surface area contributed by atoms with Gasteiger partial charge in [-0.15, -0.1) is 0 Å². The Bertz CT molecular complexity index is 518. The highest BCUT2D eigenvalue weighted by Crippen LogP contribution is 2.18. The first kappa shape index (κ1) is 14.8. The van der Waals surface area contributed by atoms with Gasteiger partial charge in [-0.2, -0.15) is 5.10 Å². The number of hydrogen-bond donors (Lipinski definition) is 2. The fraction of sp³-hybridized carbons (Fsp3) is 0.438. The fourth-order valence-corrected chi connectivity index (χ4v) is 2.18. The number of hydrogen-bond acceptors (Lipinski definition) is 3. The van der Waals surface area contributed by atoms with Gasteiger partial charge < -0.3 is 10.4 Å². The van der Waals surface area contributed by atoms with E-state index in [0.717, 1.165) is 24.9 Å². The van der Waals surface area contributed by atoms with Crippen molar-refractivity contribution in [2.24, 2.45) is 0 Å². The van der Waals surface area contributed by atoms with Gasteiger partial charge in [-0.25, -0.2) is 0 Å². The van der Waals surface area contributed by atoms with E-state index in [0.29, 0.717) is 0 Å². The highest BCUT2D eigenvalue weighted by molar-refractivity contribution is 5.61. The fourth-order valence-electron chi connectivity index (χ4n) is 2.18. The Morgan fingerprint density at radius 1 is 1.25 bits per heavy atom. The topological polar surface area (TPSA) is 50.1 Å². The van der Waals surface area contributed by atoms with Crippen molar-refractivity contribution in [1.82, 2.24) is 15.1 Å². The van der Waals surface area contributed by atoms with Crippen molar-refractivity contribution in [1.29, 1.82) is 0 Å². The Morgan fingerprint density at radius 2 is 2.00 bits per heavy atom. The smallest absolute Gasteiger partial charge is 0.0610 e. The van der Waals surface area contributed by atoms with Crippen LogP contribution in [0.4, 0.5) is 0 Å². The molecule has 0 radical (unpaired) electrons. The number of nitrogens with zero attached hydrogens (tertiary/aromatic N) is 2. The molecule has 0 saturated heterocycles. The molecule has 0 bridgehead atoms. The van der Waals surface area contributed by atoms with Crippen LogP contribution in [0.25, 0.3) is 11.1 Å². The van der Waals surface area contributed by atoms with E-state index in [9.17, 15) is 5.11 Å². The molecule has 0 aliphatic carbocycles. The summed E-state index contributed by atoms with van der Waals surface area (Å²) in [6.45, 7) is 3.05. The second-order valence-corrected chi connectivity index (χ2v) is 5.43. The van der Waals surface area contributed by atoms with E-state index in [1.807, 2.05) is 43.0 Å². The molecule has 108 valence electrons. The lowest BCUT2D eigenvalue weighted by molar-refractivity contribution is 0.169. The van der Waals surface area contributed by atoms with Gasteiger partial charge in [0.25, 0.3) is 0 Å². The zero-order chi connectivity index (χ0) is 14.4. The maximum Gasteiger partial charge on any atom is 0.0610 e. The number of aromatic nitrogens is 2. The third-order valence-electron chi connectivity index (χ3n) is 3.81. The van der Waals surface area contributed by atoms with Gasteiger partial charge in [0.05, 0.1) is 12.8 Å². The van der Waals surface area contributed by atoms with Gasteiger partial charge in [0.2, 0.25) is 0 Å². The summed E-state index contributed by atoms with van der Waals surface area (Å²) in [6.07, 6.45) is 5.87. The van der Waals surface area contributed by atoms with E-state index in [1.165, 1.54) is 5.56 Å². The van der Waals surface area contributed by atoms with Crippen LogP contribution in [0.3, 0.4) is 0 Å². The molecule has 20 heavy (non-hydrogen) atoms. The Morgan fingerprint density at radius 3 is 2.65 bits per heavy atom. The highest BCUT2D eigenvalue weighted by atomic mass is 16.3. The van der Waals surface area contributed by atoms with Gasteiger partial charge in [0, 0.05) is 23.8 Å². The number of aryl methyl sites for hydroxylation is 1. The van der Waals surface area contributed by atoms with Crippen LogP contribution in [-0.2, 0) is 6.54 Å². The van der Waals surface area contributed by atoms with E-state index < -0.39 is 0 Å². The molecule has 1 atom stereocenters. The minimum atomic E-state index is -0.199. The van der Waals surface area contributed by atoms with Crippen molar-refractivity contribution in [3.05, 3.63) is 42.7 Å². The summed E-state index contributed by atoms with van der Waals surface area (Å²) in [5, 5.41) is 16.9. The molecular weight excluding hydrogens is 250 g/mol. The van der Waals surface area contributed by atoms with E-state index in [1.54, 1.807) is 0 Å². The number of aliphatic hydroxyl groups excluding tert-OH is 1. The van der Waals surface area contributed by atoms with Crippen molar-refractivity contribution in [3.8, 4) is 11.1 Å². The molecule has 4 heteroatoms. The summed E-state index contributed by atoms with van der Waals surface area (Å²) in [7, 11) is 1.89. The van der Waals surface area contributed by atoms with Gasteiger partial charge >= 0.3 is 0 Å². The Hall–Kier alpha value is -1.65. The first-order chi connectivity index (χ1) is 9.67. The van der Waals surface area contributed by atoms with E-state index >= 15 is 0 Å². The van der Waals surface area contributed by atoms with Crippen molar-refractivity contribution >= 4 is 0 Å². The van der Waals surface area contributed by atoms with Gasteiger partial charge in [0.15, 0.2) is 0 Å².